The fraction of sp³-hybridized carbons (Fsp3) is 0.368. The highest BCUT2D eigenvalue weighted by molar-refractivity contribution is 5.79. The fourth-order valence-electron chi connectivity index (χ4n) is 3.14. The van der Waals surface area contributed by atoms with E-state index >= 15 is 0 Å². The molecule has 1 radical (unpaired) electrons. The Morgan fingerprint density at radius 3 is 2.89 bits per heavy atom. The van der Waals surface area contributed by atoms with Crippen molar-refractivity contribution in [2.75, 3.05) is 0 Å². The predicted octanol–water partition coefficient (Wildman–Crippen LogP) is 5.18. The third-order valence-corrected chi connectivity index (χ3v) is 4.12. The van der Waals surface area contributed by atoms with Crippen LogP contribution in [0.3, 0.4) is 0 Å². The first-order valence-corrected chi connectivity index (χ1v) is 7.51. The van der Waals surface area contributed by atoms with Gasteiger partial charge in [0.15, 0.2) is 0 Å². The van der Waals surface area contributed by atoms with E-state index < -0.39 is 0 Å². The van der Waals surface area contributed by atoms with Crippen molar-refractivity contribution in [2.24, 2.45) is 0 Å². The van der Waals surface area contributed by atoms with Crippen molar-refractivity contribution in [3.8, 4) is 11.1 Å². The molecule has 2 aromatic carbocycles. The van der Waals surface area contributed by atoms with Crippen molar-refractivity contribution >= 4 is 0 Å². The molecule has 0 N–H and O–H groups in total. The van der Waals surface area contributed by atoms with E-state index in [2.05, 4.69) is 43.3 Å². The molecule has 19 heavy (non-hydrogen) atoms. The highest BCUT2D eigenvalue weighted by Gasteiger charge is 2.20. The van der Waals surface area contributed by atoms with E-state index in [1.165, 1.54) is 59.9 Å². The van der Waals surface area contributed by atoms with Crippen LogP contribution < -0.4 is 0 Å². The highest BCUT2D eigenvalue weighted by atomic mass is 14.2. The molecule has 0 aromatic heterocycles. The van der Waals surface area contributed by atoms with Gasteiger partial charge in [-0.15, -0.1) is 0 Å². The van der Waals surface area contributed by atoms with E-state index in [9.17, 15) is 0 Å². The Labute approximate surface area is 116 Å². The molecule has 0 heterocycles. The lowest BCUT2D eigenvalue weighted by atomic mass is 9.95. The number of rotatable bonds is 5. The monoisotopic (exact) mass is 249 g/mol. The molecule has 0 heteroatoms. The molecule has 0 unspecified atom stereocenters. The normalized spacial score (nSPS) is 12.3. The Hall–Kier alpha value is -1.56. The van der Waals surface area contributed by atoms with Crippen LogP contribution in [0.4, 0.5) is 0 Å². The molecule has 2 aromatic rings. The second kappa shape index (κ2) is 5.61. The van der Waals surface area contributed by atoms with Gasteiger partial charge in [-0.05, 0) is 53.1 Å². The highest BCUT2D eigenvalue weighted by Crippen LogP contribution is 2.38. The fourth-order valence-corrected chi connectivity index (χ4v) is 3.14. The van der Waals surface area contributed by atoms with Gasteiger partial charge in [-0.3, -0.25) is 0 Å². The molecule has 0 fully saturated rings. The first kappa shape index (κ1) is 12.5. The van der Waals surface area contributed by atoms with Crippen molar-refractivity contribution in [1.82, 2.24) is 0 Å². The van der Waals surface area contributed by atoms with Crippen molar-refractivity contribution < 1.29 is 0 Å². The SMILES string of the molecule is CCCCCCc1cccc2c1-c1ccc[c]c1C2. The molecule has 3 rings (SSSR count). The van der Waals surface area contributed by atoms with Gasteiger partial charge >= 0.3 is 0 Å². The van der Waals surface area contributed by atoms with E-state index in [-0.39, 0.29) is 0 Å². The zero-order valence-corrected chi connectivity index (χ0v) is 11.7. The van der Waals surface area contributed by atoms with Crippen LogP contribution in [0.15, 0.2) is 36.4 Å². The quantitative estimate of drug-likeness (QED) is 0.546. The summed E-state index contributed by atoms with van der Waals surface area (Å²) in [6.45, 7) is 2.27. The van der Waals surface area contributed by atoms with Gasteiger partial charge in [-0.25, -0.2) is 0 Å². The zero-order chi connectivity index (χ0) is 13.1. The third kappa shape index (κ3) is 2.45. The lowest BCUT2D eigenvalue weighted by Gasteiger charge is -2.09. The van der Waals surface area contributed by atoms with Crippen LogP contribution in [0.1, 0.15) is 49.3 Å². The summed E-state index contributed by atoms with van der Waals surface area (Å²) in [7, 11) is 0. The summed E-state index contributed by atoms with van der Waals surface area (Å²) < 4.78 is 0. The van der Waals surface area contributed by atoms with Crippen LogP contribution in [-0.4, -0.2) is 0 Å². The van der Waals surface area contributed by atoms with Crippen molar-refractivity contribution in [1.29, 1.82) is 0 Å². The van der Waals surface area contributed by atoms with E-state index in [0.29, 0.717) is 0 Å². The zero-order valence-electron chi connectivity index (χ0n) is 11.7. The summed E-state index contributed by atoms with van der Waals surface area (Å²) in [6.07, 6.45) is 7.63. The standard InChI is InChI=1S/C19H21/c1-2-3-4-5-9-15-11-8-12-17-14-16-10-6-7-13-18(16)19(15)17/h6-8,11-13H,2-5,9,14H2,1H3. The third-order valence-electron chi connectivity index (χ3n) is 4.12. The van der Waals surface area contributed by atoms with Gasteiger partial charge in [0.05, 0.1) is 0 Å². The molecule has 0 atom stereocenters. The van der Waals surface area contributed by atoms with Gasteiger partial charge in [0, 0.05) is 0 Å². The largest absolute Gasteiger partial charge is 0.0654 e. The summed E-state index contributed by atoms with van der Waals surface area (Å²) in [5, 5.41) is 0. The molecule has 0 spiro atoms. The minimum atomic E-state index is 1.06. The topological polar surface area (TPSA) is 0 Å². The molecule has 0 saturated carbocycles. The molecule has 0 nitrogen and oxygen atoms in total. The van der Waals surface area contributed by atoms with Crippen molar-refractivity contribution in [3.63, 3.8) is 0 Å². The number of aryl methyl sites for hydroxylation is 1. The van der Waals surface area contributed by atoms with Crippen LogP contribution in [0.5, 0.6) is 0 Å². The number of hydrogen-bond donors (Lipinski definition) is 0. The predicted molar refractivity (Wildman–Crippen MR) is 81.4 cm³/mol. The summed E-state index contributed by atoms with van der Waals surface area (Å²) in [4.78, 5) is 0. The first-order chi connectivity index (χ1) is 9.40. The summed E-state index contributed by atoms with van der Waals surface area (Å²) >= 11 is 0. The van der Waals surface area contributed by atoms with Crippen LogP contribution in [0.25, 0.3) is 11.1 Å². The Kier molecular flexibility index (Phi) is 3.68. The molecule has 0 saturated heterocycles. The smallest absolute Gasteiger partial charge is 0.000718 e. The minimum absolute atomic E-state index is 1.06. The second-order valence-electron chi connectivity index (χ2n) is 5.50. The molecular weight excluding hydrogens is 228 g/mol. The van der Waals surface area contributed by atoms with Crippen LogP contribution in [-0.2, 0) is 12.8 Å². The van der Waals surface area contributed by atoms with E-state index in [0.717, 1.165) is 6.42 Å². The molecule has 0 amide bonds. The van der Waals surface area contributed by atoms with Crippen molar-refractivity contribution in [2.45, 2.75) is 45.4 Å². The number of benzene rings is 2. The van der Waals surface area contributed by atoms with Gasteiger partial charge in [0.1, 0.15) is 0 Å². The number of hydrogen-bond acceptors (Lipinski definition) is 0. The minimum Gasteiger partial charge on any atom is -0.0654 e. The van der Waals surface area contributed by atoms with Gasteiger partial charge < -0.3 is 0 Å². The van der Waals surface area contributed by atoms with Gasteiger partial charge in [0.25, 0.3) is 0 Å². The average Bonchev–Trinajstić information content (AvgIpc) is 2.83. The first-order valence-electron chi connectivity index (χ1n) is 7.51. The van der Waals surface area contributed by atoms with Crippen LogP contribution >= 0.6 is 0 Å². The molecule has 1 aliphatic rings. The maximum atomic E-state index is 3.40. The average molecular weight is 249 g/mol. The molecule has 97 valence electrons. The Bertz CT molecular complexity index is 566. The van der Waals surface area contributed by atoms with Crippen LogP contribution in [0, 0.1) is 6.07 Å². The van der Waals surface area contributed by atoms with Crippen LogP contribution in [0.2, 0.25) is 0 Å². The Morgan fingerprint density at radius 2 is 2.00 bits per heavy atom. The number of unbranched alkanes of at least 4 members (excludes halogenated alkanes) is 3. The lowest BCUT2D eigenvalue weighted by molar-refractivity contribution is 0.667. The molecule has 0 aliphatic heterocycles. The summed E-state index contributed by atoms with van der Waals surface area (Å²) in [6, 6.07) is 16.6. The van der Waals surface area contributed by atoms with E-state index in [1.54, 1.807) is 0 Å². The van der Waals surface area contributed by atoms with Gasteiger partial charge in [0.2, 0.25) is 0 Å². The van der Waals surface area contributed by atoms with Gasteiger partial charge in [-0.2, -0.15) is 0 Å². The van der Waals surface area contributed by atoms with Crippen molar-refractivity contribution in [3.05, 3.63) is 59.2 Å². The lowest BCUT2D eigenvalue weighted by Crippen LogP contribution is -1.91. The Morgan fingerprint density at radius 1 is 1.05 bits per heavy atom. The maximum absolute atomic E-state index is 3.40. The molecule has 0 bridgehead atoms. The van der Waals surface area contributed by atoms with E-state index in [1.807, 2.05) is 6.07 Å². The van der Waals surface area contributed by atoms with Gasteiger partial charge in [-0.1, -0.05) is 62.6 Å². The number of fused-ring (bicyclic) bond motifs is 3. The second-order valence-corrected chi connectivity index (χ2v) is 5.50. The molecule has 1 aliphatic carbocycles. The van der Waals surface area contributed by atoms with E-state index in [4.69, 9.17) is 0 Å². The summed E-state index contributed by atoms with van der Waals surface area (Å²) in [5.41, 5.74) is 7.32. The Balaban J connectivity index is 1.87. The summed E-state index contributed by atoms with van der Waals surface area (Å²) in [5.74, 6) is 0. The molecular formula is C19H21. The maximum Gasteiger partial charge on any atom is -0.000718 e.